The molecule has 0 aliphatic rings. The SMILES string of the molecule is Cc1cc(C(=O)NCc2ccccc2S(=O)(=O)NC(C)(C)C)ccc1-n1cnnn1. The second-order valence-electron chi connectivity index (χ2n) is 7.90. The third-order valence-electron chi connectivity index (χ3n) is 4.20. The van der Waals surface area contributed by atoms with Gasteiger partial charge in [0.15, 0.2) is 0 Å². The normalized spacial score (nSPS) is 12.0. The van der Waals surface area contributed by atoms with E-state index in [1.54, 1.807) is 57.2 Å². The third kappa shape index (κ3) is 5.08. The van der Waals surface area contributed by atoms with Crippen molar-refractivity contribution in [2.75, 3.05) is 0 Å². The van der Waals surface area contributed by atoms with E-state index in [2.05, 4.69) is 25.6 Å². The van der Waals surface area contributed by atoms with Crippen LogP contribution < -0.4 is 10.0 Å². The summed E-state index contributed by atoms with van der Waals surface area (Å²) >= 11 is 0. The van der Waals surface area contributed by atoms with Crippen molar-refractivity contribution >= 4 is 15.9 Å². The number of benzene rings is 2. The summed E-state index contributed by atoms with van der Waals surface area (Å²) < 4.78 is 29.6. The summed E-state index contributed by atoms with van der Waals surface area (Å²) in [5.41, 5.74) is 1.93. The maximum absolute atomic E-state index is 12.7. The quantitative estimate of drug-likeness (QED) is 0.620. The molecule has 3 rings (SSSR count). The van der Waals surface area contributed by atoms with Gasteiger partial charge >= 0.3 is 0 Å². The molecule has 0 aliphatic carbocycles. The molecule has 0 spiro atoms. The second kappa shape index (κ2) is 8.33. The molecule has 1 amide bonds. The van der Waals surface area contributed by atoms with E-state index in [1.165, 1.54) is 17.1 Å². The van der Waals surface area contributed by atoms with Crippen LogP contribution in [0.4, 0.5) is 0 Å². The second-order valence-corrected chi connectivity index (χ2v) is 9.55. The van der Waals surface area contributed by atoms with Gasteiger partial charge in [-0.25, -0.2) is 17.8 Å². The Morgan fingerprint density at radius 2 is 1.87 bits per heavy atom. The summed E-state index contributed by atoms with van der Waals surface area (Å²) in [6, 6.07) is 11.8. The van der Waals surface area contributed by atoms with Crippen molar-refractivity contribution in [2.45, 2.75) is 44.7 Å². The van der Waals surface area contributed by atoms with E-state index in [9.17, 15) is 13.2 Å². The monoisotopic (exact) mass is 428 g/mol. The molecule has 0 radical (unpaired) electrons. The molecule has 30 heavy (non-hydrogen) atoms. The first-order valence-corrected chi connectivity index (χ1v) is 10.8. The van der Waals surface area contributed by atoms with Gasteiger partial charge in [0.05, 0.1) is 10.6 Å². The van der Waals surface area contributed by atoms with Crippen LogP contribution in [0.15, 0.2) is 53.7 Å². The van der Waals surface area contributed by atoms with Crippen LogP contribution in [-0.4, -0.2) is 40.1 Å². The van der Waals surface area contributed by atoms with Crippen LogP contribution in [0.1, 0.15) is 42.3 Å². The summed E-state index contributed by atoms with van der Waals surface area (Å²) in [6.45, 7) is 7.25. The minimum atomic E-state index is -3.72. The van der Waals surface area contributed by atoms with E-state index in [0.29, 0.717) is 11.1 Å². The maximum Gasteiger partial charge on any atom is 0.251 e. The van der Waals surface area contributed by atoms with Gasteiger partial charge in [0, 0.05) is 17.6 Å². The molecule has 10 heteroatoms. The zero-order valence-electron chi connectivity index (χ0n) is 17.2. The van der Waals surface area contributed by atoms with Crippen molar-refractivity contribution in [3.63, 3.8) is 0 Å². The van der Waals surface area contributed by atoms with E-state index in [0.717, 1.165) is 11.3 Å². The summed E-state index contributed by atoms with van der Waals surface area (Å²) in [6.07, 6.45) is 1.48. The van der Waals surface area contributed by atoms with Crippen molar-refractivity contribution in [2.24, 2.45) is 0 Å². The lowest BCUT2D eigenvalue weighted by atomic mass is 10.1. The molecule has 1 aromatic heterocycles. The van der Waals surface area contributed by atoms with Gasteiger partial charge in [0.2, 0.25) is 10.0 Å². The van der Waals surface area contributed by atoms with Gasteiger partial charge < -0.3 is 5.32 Å². The van der Waals surface area contributed by atoms with Crippen LogP contribution in [0.3, 0.4) is 0 Å². The number of carbonyl (C=O) groups excluding carboxylic acids is 1. The fourth-order valence-corrected chi connectivity index (χ4v) is 4.63. The smallest absolute Gasteiger partial charge is 0.251 e. The molecule has 0 saturated heterocycles. The van der Waals surface area contributed by atoms with Gasteiger partial charge in [-0.1, -0.05) is 18.2 Å². The number of amides is 1. The molecule has 1 heterocycles. The number of hydrogen-bond donors (Lipinski definition) is 2. The Hall–Kier alpha value is -3.11. The molecule has 0 bridgehead atoms. The number of tetrazole rings is 1. The Bertz CT molecular complexity index is 1150. The average molecular weight is 429 g/mol. The lowest BCUT2D eigenvalue weighted by Gasteiger charge is -2.21. The van der Waals surface area contributed by atoms with E-state index < -0.39 is 15.6 Å². The van der Waals surface area contributed by atoms with Crippen molar-refractivity contribution in [1.82, 2.24) is 30.2 Å². The first-order chi connectivity index (χ1) is 14.1. The number of sulfonamides is 1. The summed E-state index contributed by atoms with van der Waals surface area (Å²) in [5.74, 6) is -0.308. The topological polar surface area (TPSA) is 119 Å². The highest BCUT2D eigenvalue weighted by molar-refractivity contribution is 7.89. The molecule has 158 valence electrons. The molecule has 2 aromatic carbocycles. The summed E-state index contributed by atoms with van der Waals surface area (Å²) in [7, 11) is -3.72. The lowest BCUT2D eigenvalue weighted by molar-refractivity contribution is 0.0950. The fourth-order valence-electron chi connectivity index (χ4n) is 2.97. The fraction of sp³-hybridized carbons (Fsp3) is 0.300. The molecule has 0 fully saturated rings. The van der Waals surface area contributed by atoms with Gasteiger partial charge in [-0.05, 0) is 73.5 Å². The molecule has 3 aromatic rings. The first-order valence-electron chi connectivity index (χ1n) is 9.31. The zero-order valence-corrected chi connectivity index (χ0v) is 18.1. The maximum atomic E-state index is 12.7. The third-order valence-corrected chi connectivity index (χ3v) is 6.06. The predicted molar refractivity (Wildman–Crippen MR) is 112 cm³/mol. The lowest BCUT2D eigenvalue weighted by Crippen LogP contribution is -2.41. The number of aromatic nitrogens is 4. The highest BCUT2D eigenvalue weighted by Crippen LogP contribution is 2.18. The number of aryl methyl sites for hydroxylation is 1. The van der Waals surface area contributed by atoms with E-state index >= 15 is 0 Å². The van der Waals surface area contributed by atoms with Crippen LogP contribution in [0.5, 0.6) is 0 Å². The van der Waals surface area contributed by atoms with E-state index in [-0.39, 0.29) is 17.3 Å². The van der Waals surface area contributed by atoms with Crippen LogP contribution in [0.2, 0.25) is 0 Å². The largest absolute Gasteiger partial charge is 0.348 e. The molecule has 0 atom stereocenters. The van der Waals surface area contributed by atoms with Crippen molar-refractivity contribution in [3.8, 4) is 5.69 Å². The zero-order chi connectivity index (χ0) is 21.9. The number of nitrogens with zero attached hydrogens (tertiary/aromatic N) is 4. The van der Waals surface area contributed by atoms with E-state index in [4.69, 9.17) is 0 Å². The van der Waals surface area contributed by atoms with Gasteiger partial charge in [-0.3, -0.25) is 4.79 Å². The minimum Gasteiger partial charge on any atom is -0.348 e. The highest BCUT2D eigenvalue weighted by atomic mass is 32.2. The Morgan fingerprint density at radius 1 is 1.13 bits per heavy atom. The predicted octanol–water partition coefficient (Wildman–Crippen LogP) is 1.98. The van der Waals surface area contributed by atoms with Crippen molar-refractivity contribution < 1.29 is 13.2 Å². The van der Waals surface area contributed by atoms with Gasteiger partial charge in [-0.2, -0.15) is 0 Å². The van der Waals surface area contributed by atoms with Crippen molar-refractivity contribution in [1.29, 1.82) is 0 Å². The molecule has 2 N–H and O–H groups in total. The minimum absolute atomic E-state index is 0.0772. The molecule has 0 aliphatic heterocycles. The van der Waals surface area contributed by atoms with Gasteiger partial charge in [0.25, 0.3) is 5.91 Å². The van der Waals surface area contributed by atoms with Crippen LogP contribution in [-0.2, 0) is 16.6 Å². The Labute approximate surface area is 175 Å². The highest BCUT2D eigenvalue weighted by Gasteiger charge is 2.24. The molecule has 0 unspecified atom stereocenters. The number of rotatable bonds is 6. The van der Waals surface area contributed by atoms with Gasteiger partial charge in [0.1, 0.15) is 6.33 Å². The molecule has 0 saturated carbocycles. The van der Waals surface area contributed by atoms with Crippen LogP contribution >= 0.6 is 0 Å². The first kappa shape index (κ1) is 21.6. The molecular formula is C20H24N6O3S. The number of carbonyl (C=O) groups is 1. The van der Waals surface area contributed by atoms with E-state index in [1.807, 2.05) is 6.92 Å². The van der Waals surface area contributed by atoms with Crippen LogP contribution in [0, 0.1) is 6.92 Å². The van der Waals surface area contributed by atoms with Crippen LogP contribution in [0.25, 0.3) is 5.69 Å². The Kier molecular flexibility index (Phi) is 5.99. The van der Waals surface area contributed by atoms with Gasteiger partial charge in [-0.15, -0.1) is 5.10 Å². The summed E-state index contributed by atoms with van der Waals surface area (Å²) in [4.78, 5) is 12.8. The number of nitrogens with one attached hydrogen (secondary N) is 2. The Morgan fingerprint density at radius 3 is 2.50 bits per heavy atom. The summed E-state index contributed by atoms with van der Waals surface area (Å²) in [5, 5.41) is 13.9. The van der Waals surface area contributed by atoms with Crippen molar-refractivity contribution in [3.05, 3.63) is 65.5 Å². The number of hydrogen-bond acceptors (Lipinski definition) is 6. The Balaban J connectivity index is 1.77. The average Bonchev–Trinajstić information content (AvgIpc) is 3.18. The molecule has 9 nitrogen and oxygen atoms in total. The standard InChI is InChI=1S/C20H24N6O3S/c1-14-11-15(9-10-17(14)26-13-22-24-25-26)19(27)21-12-16-7-5-6-8-18(16)30(28,29)23-20(2,3)4/h5-11,13,23H,12H2,1-4H3,(H,21,27). The molecular weight excluding hydrogens is 404 g/mol.